The van der Waals surface area contributed by atoms with E-state index in [1.807, 2.05) is 29.7 Å². The molecule has 3 aromatic rings. The van der Waals surface area contributed by atoms with E-state index in [1.54, 1.807) is 0 Å². The molecule has 0 spiro atoms. The van der Waals surface area contributed by atoms with Crippen LogP contribution >= 0.6 is 12.2 Å². The van der Waals surface area contributed by atoms with Gasteiger partial charge in [0, 0.05) is 25.4 Å². The van der Waals surface area contributed by atoms with Gasteiger partial charge in [0.1, 0.15) is 5.52 Å². The standard InChI is InChI=1S/C13H18N6S/c1-5-10-11-12(18(4)16-10)19(13(20)15-11)7-9-6-14-17(3)8(9)2/h6H,5,7H2,1-4H3,(H,15,20). The van der Waals surface area contributed by atoms with Crippen molar-refractivity contribution in [1.29, 1.82) is 0 Å². The normalized spacial score (nSPS) is 11.6. The predicted molar refractivity (Wildman–Crippen MR) is 80.3 cm³/mol. The number of rotatable bonds is 3. The summed E-state index contributed by atoms with van der Waals surface area (Å²) in [6, 6.07) is 0. The molecule has 0 amide bonds. The molecule has 0 atom stereocenters. The Morgan fingerprint density at radius 2 is 2.05 bits per heavy atom. The Hall–Kier alpha value is -1.89. The maximum atomic E-state index is 5.46. The minimum Gasteiger partial charge on any atom is -0.328 e. The maximum absolute atomic E-state index is 5.46. The number of aromatic amines is 1. The van der Waals surface area contributed by atoms with Crippen molar-refractivity contribution in [3.63, 3.8) is 0 Å². The van der Waals surface area contributed by atoms with Gasteiger partial charge in [-0.3, -0.25) is 13.9 Å². The number of aromatic nitrogens is 6. The van der Waals surface area contributed by atoms with E-state index in [1.165, 1.54) is 5.56 Å². The zero-order valence-corrected chi connectivity index (χ0v) is 13.0. The second-order valence-corrected chi connectivity index (χ2v) is 5.40. The molecule has 0 radical (unpaired) electrons. The van der Waals surface area contributed by atoms with Gasteiger partial charge in [-0.25, -0.2) is 0 Å². The highest BCUT2D eigenvalue weighted by molar-refractivity contribution is 7.71. The van der Waals surface area contributed by atoms with Crippen LogP contribution in [-0.4, -0.2) is 29.1 Å². The summed E-state index contributed by atoms with van der Waals surface area (Å²) >= 11 is 5.46. The number of hydrogen-bond donors (Lipinski definition) is 1. The van der Waals surface area contributed by atoms with Gasteiger partial charge in [-0.15, -0.1) is 0 Å². The highest BCUT2D eigenvalue weighted by atomic mass is 32.1. The van der Waals surface area contributed by atoms with Crippen molar-refractivity contribution < 1.29 is 0 Å². The molecule has 20 heavy (non-hydrogen) atoms. The molecule has 3 rings (SSSR count). The Balaban J connectivity index is 2.16. The van der Waals surface area contributed by atoms with Crippen molar-refractivity contribution in [3.8, 4) is 0 Å². The number of imidazole rings is 1. The highest BCUT2D eigenvalue weighted by Crippen LogP contribution is 2.20. The Morgan fingerprint density at radius 3 is 2.65 bits per heavy atom. The number of hydrogen-bond acceptors (Lipinski definition) is 3. The quantitative estimate of drug-likeness (QED) is 0.751. The van der Waals surface area contributed by atoms with E-state index in [0.717, 1.165) is 33.7 Å². The third kappa shape index (κ3) is 1.81. The lowest BCUT2D eigenvalue weighted by Gasteiger charge is -2.04. The number of aryl methyl sites for hydroxylation is 3. The van der Waals surface area contributed by atoms with Crippen molar-refractivity contribution in [1.82, 2.24) is 29.1 Å². The Bertz CT molecular complexity index is 831. The minimum absolute atomic E-state index is 0.710. The van der Waals surface area contributed by atoms with E-state index in [0.29, 0.717) is 6.54 Å². The number of fused-ring (bicyclic) bond motifs is 1. The van der Waals surface area contributed by atoms with Crippen LogP contribution in [0.2, 0.25) is 0 Å². The topological polar surface area (TPSA) is 56.4 Å². The molecule has 0 aliphatic carbocycles. The monoisotopic (exact) mass is 290 g/mol. The van der Waals surface area contributed by atoms with E-state index in [4.69, 9.17) is 12.2 Å². The van der Waals surface area contributed by atoms with Crippen LogP contribution in [0.4, 0.5) is 0 Å². The highest BCUT2D eigenvalue weighted by Gasteiger charge is 2.15. The van der Waals surface area contributed by atoms with Crippen molar-refractivity contribution in [2.24, 2.45) is 14.1 Å². The molecule has 0 saturated carbocycles. The third-order valence-electron chi connectivity index (χ3n) is 3.82. The van der Waals surface area contributed by atoms with Gasteiger partial charge < -0.3 is 4.98 Å². The molecular weight excluding hydrogens is 272 g/mol. The maximum Gasteiger partial charge on any atom is 0.179 e. The molecule has 7 heteroatoms. The molecule has 0 fully saturated rings. The van der Waals surface area contributed by atoms with Gasteiger partial charge in [-0.2, -0.15) is 10.2 Å². The van der Waals surface area contributed by atoms with Crippen molar-refractivity contribution in [2.75, 3.05) is 0 Å². The zero-order chi connectivity index (χ0) is 14.4. The second-order valence-electron chi connectivity index (χ2n) is 5.02. The molecular formula is C13H18N6S. The summed E-state index contributed by atoms with van der Waals surface area (Å²) in [5, 5.41) is 8.82. The SMILES string of the molecule is CCc1nn(C)c2c1[nH]c(=S)n2Cc1cnn(C)c1C. The molecule has 6 nitrogen and oxygen atoms in total. The fourth-order valence-electron chi connectivity index (χ4n) is 2.54. The van der Waals surface area contributed by atoms with Crippen LogP contribution in [0, 0.1) is 11.7 Å². The smallest absolute Gasteiger partial charge is 0.179 e. The summed E-state index contributed by atoms with van der Waals surface area (Å²) in [4.78, 5) is 3.28. The van der Waals surface area contributed by atoms with Crippen LogP contribution in [0.25, 0.3) is 11.2 Å². The summed E-state index contributed by atoms with van der Waals surface area (Å²) in [6.45, 7) is 4.87. The Labute approximate surface area is 122 Å². The molecule has 106 valence electrons. The van der Waals surface area contributed by atoms with Crippen LogP contribution in [0.1, 0.15) is 23.9 Å². The van der Waals surface area contributed by atoms with Crippen LogP contribution in [0.3, 0.4) is 0 Å². The van der Waals surface area contributed by atoms with E-state index in [2.05, 4.69) is 33.6 Å². The Morgan fingerprint density at radius 1 is 1.30 bits per heavy atom. The van der Waals surface area contributed by atoms with Crippen LogP contribution < -0.4 is 0 Å². The predicted octanol–water partition coefficient (Wildman–Crippen LogP) is 2.09. The Kier molecular flexibility index (Phi) is 3.01. The summed E-state index contributed by atoms with van der Waals surface area (Å²) in [5.74, 6) is 0. The van der Waals surface area contributed by atoms with E-state index < -0.39 is 0 Å². The van der Waals surface area contributed by atoms with Gasteiger partial charge >= 0.3 is 0 Å². The minimum atomic E-state index is 0.710. The first kappa shape index (κ1) is 13.1. The van der Waals surface area contributed by atoms with Crippen LogP contribution in [-0.2, 0) is 27.1 Å². The molecule has 3 heterocycles. The fourth-order valence-corrected chi connectivity index (χ4v) is 2.79. The van der Waals surface area contributed by atoms with Gasteiger partial charge in [0.15, 0.2) is 10.4 Å². The molecule has 1 N–H and O–H groups in total. The molecule has 3 aromatic heterocycles. The first-order chi connectivity index (χ1) is 9.52. The molecule has 0 aliphatic rings. The molecule has 0 aliphatic heterocycles. The first-order valence-corrected chi connectivity index (χ1v) is 7.05. The van der Waals surface area contributed by atoms with E-state index in [-0.39, 0.29) is 0 Å². The lowest BCUT2D eigenvalue weighted by atomic mass is 10.2. The fraction of sp³-hybridized carbons (Fsp3) is 0.462. The van der Waals surface area contributed by atoms with Crippen molar-refractivity contribution in [2.45, 2.75) is 26.8 Å². The number of nitrogens with zero attached hydrogens (tertiary/aromatic N) is 5. The van der Waals surface area contributed by atoms with Crippen LogP contribution in [0.15, 0.2) is 6.20 Å². The third-order valence-corrected chi connectivity index (χ3v) is 4.14. The van der Waals surface area contributed by atoms with Gasteiger partial charge in [-0.05, 0) is 25.6 Å². The number of nitrogens with one attached hydrogen (secondary N) is 1. The van der Waals surface area contributed by atoms with Gasteiger partial charge in [0.25, 0.3) is 0 Å². The average Bonchev–Trinajstić information content (AvgIpc) is 3.01. The summed E-state index contributed by atoms with van der Waals surface area (Å²) in [7, 11) is 3.90. The van der Waals surface area contributed by atoms with Gasteiger partial charge in [0.05, 0.1) is 18.4 Å². The summed E-state index contributed by atoms with van der Waals surface area (Å²) < 4.78 is 6.59. The molecule has 0 bridgehead atoms. The average molecular weight is 290 g/mol. The van der Waals surface area contributed by atoms with E-state index >= 15 is 0 Å². The van der Waals surface area contributed by atoms with Gasteiger partial charge in [0.2, 0.25) is 0 Å². The second kappa shape index (κ2) is 4.59. The largest absolute Gasteiger partial charge is 0.328 e. The van der Waals surface area contributed by atoms with Gasteiger partial charge in [-0.1, -0.05) is 6.92 Å². The zero-order valence-electron chi connectivity index (χ0n) is 12.1. The summed E-state index contributed by atoms with van der Waals surface area (Å²) in [6.07, 6.45) is 2.78. The van der Waals surface area contributed by atoms with Crippen molar-refractivity contribution >= 4 is 23.4 Å². The first-order valence-electron chi connectivity index (χ1n) is 6.64. The van der Waals surface area contributed by atoms with Crippen molar-refractivity contribution in [3.05, 3.63) is 27.9 Å². The lowest BCUT2D eigenvalue weighted by molar-refractivity contribution is 0.703. The summed E-state index contributed by atoms with van der Waals surface area (Å²) in [5.41, 5.74) is 5.45. The molecule has 0 saturated heterocycles. The lowest BCUT2D eigenvalue weighted by Crippen LogP contribution is -2.05. The number of H-pyrrole nitrogens is 1. The molecule has 0 aromatic carbocycles. The van der Waals surface area contributed by atoms with E-state index in [9.17, 15) is 0 Å². The molecule has 0 unspecified atom stereocenters. The van der Waals surface area contributed by atoms with Crippen LogP contribution in [0.5, 0.6) is 0 Å².